The number of pyridine rings is 1. The largest absolute Gasteiger partial charge is 0.431 e. The van der Waals surface area contributed by atoms with Crippen LogP contribution in [0, 0.1) is 0 Å². The van der Waals surface area contributed by atoms with Gasteiger partial charge in [-0.15, -0.1) is 0 Å². The molecule has 3 heterocycles. The van der Waals surface area contributed by atoms with Gasteiger partial charge in [-0.1, -0.05) is 72.4 Å². The van der Waals surface area contributed by atoms with Gasteiger partial charge in [-0.25, -0.2) is 9.78 Å². The van der Waals surface area contributed by atoms with Crippen molar-refractivity contribution in [3.63, 3.8) is 0 Å². The highest BCUT2D eigenvalue weighted by Gasteiger charge is 2.16. The maximum absolute atomic E-state index is 11.6. The minimum atomic E-state index is -0.364. The van der Waals surface area contributed by atoms with Crippen LogP contribution in [0.4, 0.5) is 0 Å². The summed E-state index contributed by atoms with van der Waals surface area (Å²) in [6, 6.07) is 27.8. The van der Waals surface area contributed by atoms with Crippen LogP contribution in [0.3, 0.4) is 0 Å². The Morgan fingerprint density at radius 2 is 1.52 bits per heavy atom. The van der Waals surface area contributed by atoms with Crippen LogP contribution in [-0.4, -0.2) is 9.38 Å². The first kappa shape index (κ1) is 17.5. The SMILES string of the molecule is O=c1cc(Sc2c(-c3ccccc3)nc3cc(-c4ccccc4)ccn23)cco1. The molecule has 5 rings (SSSR count). The van der Waals surface area contributed by atoms with Crippen LogP contribution < -0.4 is 5.63 Å². The number of hydrogen-bond donors (Lipinski definition) is 0. The fourth-order valence-corrected chi connectivity index (χ4v) is 4.27. The average molecular weight is 396 g/mol. The summed E-state index contributed by atoms with van der Waals surface area (Å²) in [5, 5.41) is 0.955. The minimum Gasteiger partial charge on any atom is -0.431 e. The van der Waals surface area contributed by atoms with Crippen molar-refractivity contribution < 1.29 is 4.42 Å². The molecule has 0 atom stereocenters. The van der Waals surface area contributed by atoms with E-state index in [1.807, 2.05) is 54.7 Å². The van der Waals surface area contributed by atoms with Crippen LogP contribution in [0.5, 0.6) is 0 Å². The topological polar surface area (TPSA) is 47.5 Å². The van der Waals surface area contributed by atoms with E-state index < -0.39 is 0 Å². The molecule has 0 aliphatic carbocycles. The van der Waals surface area contributed by atoms with Gasteiger partial charge in [0.25, 0.3) is 0 Å². The third-order valence-electron chi connectivity index (χ3n) is 4.63. The van der Waals surface area contributed by atoms with Crippen molar-refractivity contribution in [2.45, 2.75) is 9.92 Å². The molecule has 3 aromatic heterocycles. The van der Waals surface area contributed by atoms with Crippen LogP contribution in [0.15, 0.2) is 117 Å². The van der Waals surface area contributed by atoms with Gasteiger partial charge in [0.15, 0.2) is 0 Å². The monoisotopic (exact) mass is 396 g/mol. The molecule has 140 valence electrons. The van der Waals surface area contributed by atoms with Crippen LogP contribution >= 0.6 is 11.8 Å². The van der Waals surface area contributed by atoms with E-state index >= 15 is 0 Å². The van der Waals surface area contributed by atoms with E-state index in [9.17, 15) is 4.79 Å². The first-order valence-electron chi connectivity index (χ1n) is 9.17. The van der Waals surface area contributed by atoms with E-state index in [0.29, 0.717) is 0 Å². The lowest BCUT2D eigenvalue weighted by Gasteiger charge is -2.06. The summed E-state index contributed by atoms with van der Waals surface area (Å²) in [4.78, 5) is 17.4. The second kappa shape index (κ2) is 7.45. The summed E-state index contributed by atoms with van der Waals surface area (Å²) in [6.07, 6.45) is 3.45. The summed E-state index contributed by atoms with van der Waals surface area (Å²) < 4.78 is 6.93. The summed E-state index contributed by atoms with van der Waals surface area (Å²) >= 11 is 1.50. The summed E-state index contributed by atoms with van der Waals surface area (Å²) in [5.41, 5.74) is 4.66. The first-order chi connectivity index (χ1) is 14.3. The highest BCUT2D eigenvalue weighted by molar-refractivity contribution is 7.99. The van der Waals surface area contributed by atoms with Gasteiger partial charge < -0.3 is 4.42 Å². The van der Waals surface area contributed by atoms with E-state index in [4.69, 9.17) is 9.40 Å². The standard InChI is InChI=1S/C24H16N2O2S/c27-22-16-20(12-14-28-22)29-24-23(18-9-5-2-6-10-18)25-21-15-19(11-13-26(21)24)17-7-3-1-4-8-17/h1-16H. The molecule has 0 saturated carbocycles. The first-order valence-corrected chi connectivity index (χ1v) is 9.99. The maximum atomic E-state index is 11.6. The zero-order valence-corrected chi connectivity index (χ0v) is 16.2. The van der Waals surface area contributed by atoms with Crippen molar-refractivity contribution in [1.82, 2.24) is 9.38 Å². The Balaban J connectivity index is 1.69. The summed E-state index contributed by atoms with van der Waals surface area (Å²) in [6.45, 7) is 0. The molecule has 0 N–H and O–H groups in total. The lowest BCUT2D eigenvalue weighted by Crippen LogP contribution is -1.95. The van der Waals surface area contributed by atoms with Gasteiger partial charge in [-0.3, -0.25) is 4.40 Å². The van der Waals surface area contributed by atoms with Gasteiger partial charge in [-0.05, 0) is 29.3 Å². The quantitative estimate of drug-likeness (QED) is 0.387. The third-order valence-corrected chi connectivity index (χ3v) is 5.70. The van der Waals surface area contributed by atoms with Crippen molar-refractivity contribution in [2.75, 3.05) is 0 Å². The Kier molecular flexibility index (Phi) is 4.50. The molecular formula is C24H16N2O2S. The predicted octanol–water partition coefficient (Wildman–Crippen LogP) is 5.77. The lowest BCUT2D eigenvalue weighted by atomic mass is 10.1. The molecule has 0 radical (unpaired) electrons. The molecule has 0 unspecified atom stereocenters. The second-order valence-corrected chi connectivity index (χ2v) is 7.59. The molecule has 0 spiro atoms. The zero-order chi connectivity index (χ0) is 19.6. The number of hydrogen-bond acceptors (Lipinski definition) is 4. The molecule has 0 saturated heterocycles. The molecule has 29 heavy (non-hydrogen) atoms. The molecule has 5 heteroatoms. The second-order valence-electron chi connectivity index (χ2n) is 6.53. The van der Waals surface area contributed by atoms with Gasteiger partial charge in [0, 0.05) is 22.7 Å². The van der Waals surface area contributed by atoms with Gasteiger partial charge in [0.05, 0.1) is 6.26 Å². The zero-order valence-electron chi connectivity index (χ0n) is 15.4. The fourth-order valence-electron chi connectivity index (χ4n) is 3.26. The fraction of sp³-hybridized carbons (Fsp3) is 0. The Hall–Kier alpha value is -3.57. The molecule has 2 aromatic carbocycles. The predicted molar refractivity (Wildman–Crippen MR) is 115 cm³/mol. The molecule has 4 nitrogen and oxygen atoms in total. The Morgan fingerprint density at radius 1 is 0.793 bits per heavy atom. The Morgan fingerprint density at radius 3 is 2.24 bits per heavy atom. The van der Waals surface area contributed by atoms with E-state index in [1.54, 1.807) is 6.07 Å². The number of benzene rings is 2. The van der Waals surface area contributed by atoms with E-state index in [1.165, 1.54) is 24.1 Å². The van der Waals surface area contributed by atoms with Crippen molar-refractivity contribution in [2.24, 2.45) is 0 Å². The van der Waals surface area contributed by atoms with Gasteiger partial charge in [-0.2, -0.15) is 0 Å². The van der Waals surface area contributed by atoms with Crippen molar-refractivity contribution >= 4 is 17.4 Å². The van der Waals surface area contributed by atoms with Crippen LogP contribution in [0.25, 0.3) is 28.0 Å². The average Bonchev–Trinajstić information content (AvgIpc) is 3.12. The van der Waals surface area contributed by atoms with Crippen LogP contribution in [0.2, 0.25) is 0 Å². The van der Waals surface area contributed by atoms with Gasteiger partial charge in [0.1, 0.15) is 16.4 Å². The molecular weight excluding hydrogens is 380 g/mol. The van der Waals surface area contributed by atoms with Gasteiger partial charge in [0.2, 0.25) is 0 Å². The van der Waals surface area contributed by atoms with Crippen molar-refractivity contribution in [1.29, 1.82) is 0 Å². The Bertz CT molecular complexity index is 1340. The smallest absolute Gasteiger partial charge is 0.336 e. The molecule has 5 aromatic rings. The molecule has 0 aliphatic heterocycles. The molecule has 0 amide bonds. The highest BCUT2D eigenvalue weighted by Crippen LogP contribution is 2.36. The normalized spacial score (nSPS) is 11.0. The van der Waals surface area contributed by atoms with Crippen LogP contribution in [-0.2, 0) is 0 Å². The van der Waals surface area contributed by atoms with Gasteiger partial charge >= 0.3 is 5.63 Å². The third kappa shape index (κ3) is 3.48. The number of rotatable bonds is 4. The highest BCUT2D eigenvalue weighted by atomic mass is 32.2. The van der Waals surface area contributed by atoms with E-state index in [-0.39, 0.29) is 5.63 Å². The van der Waals surface area contributed by atoms with Crippen molar-refractivity contribution in [3.05, 3.63) is 108 Å². The summed E-state index contributed by atoms with van der Waals surface area (Å²) in [7, 11) is 0. The van der Waals surface area contributed by atoms with Crippen molar-refractivity contribution in [3.8, 4) is 22.4 Å². The number of fused-ring (bicyclic) bond motifs is 1. The molecule has 0 bridgehead atoms. The summed E-state index contributed by atoms with van der Waals surface area (Å²) in [5.74, 6) is 0. The van der Waals surface area contributed by atoms with E-state index in [0.717, 1.165) is 38.0 Å². The number of nitrogens with zero attached hydrogens (tertiary/aromatic N) is 2. The Labute approximate surface area is 171 Å². The lowest BCUT2D eigenvalue weighted by molar-refractivity contribution is 0.506. The van der Waals surface area contributed by atoms with E-state index in [2.05, 4.69) is 28.7 Å². The minimum absolute atomic E-state index is 0.364. The molecule has 0 fully saturated rings. The van der Waals surface area contributed by atoms with Crippen LogP contribution in [0.1, 0.15) is 0 Å². The number of aromatic nitrogens is 2. The maximum Gasteiger partial charge on any atom is 0.336 e. The number of imidazole rings is 1. The molecule has 0 aliphatic rings.